The predicted molar refractivity (Wildman–Crippen MR) is 68.6 cm³/mol. The molecule has 1 unspecified atom stereocenters. The fraction of sp³-hybridized carbons (Fsp3) is 0.833. The molecule has 0 bridgehead atoms. The van der Waals surface area contributed by atoms with Gasteiger partial charge in [0.05, 0.1) is 19.1 Å². The summed E-state index contributed by atoms with van der Waals surface area (Å²) in [6.45, 7) is 8.97. The van der Waals surface area contributed by atoms with Crippen LogP contribution in [0.1, 0.15) is 39.9 Å². The van der Waals surface area contributed by atoms with Crippen molar-refractivity contribution >= 4 is 5.97 Å². The van der Waals surface area contributed by atoms with Gasteiger partial charge in [-0.05, 0) is 22.8 Å². The molecule has 19 heavy (non-hydrogen) atoms. The van der Waals surface area contributed by atoms with Crippen molar-refractivity contribution in [2.45, 2.75) is 53.2 Å². The summed E-state index contributed by atoms with van der Waals surface area (Å²) in [6.07, 6.45) is 0.263. The fourth-order valence-corrected chi connectivity index (χ4v) is 1.77. The second-order valence-corrected chi connectivity index (χ2v) is 5.69. The zero-order chi connectivity index (χ0) is 14.5. The molecule has 1 atom stereocenters. The highest BCUT2D eigenvalue weighted by Crippen LogP contribution is 2.19. The van der Waals surface area contributed by atoms with Crippen LogP contribution in [-0.4, -0.2) is 44.0 Å². The van der Waals surface area contributed by atoms with Gasteiger partial charge in [0, 0.05) is 13.0 Å². The molecule has 0 amide bonds. The van der Waals surface area contributed by atoms with E-state index in [0.717, 1.165) is 12.2 Å². The first-order chi connectivity index (χ1) is 8.81. The summed E-state index contributed by atoms with van der Waals surface area (Å²) in [5.41, 5.74) is 0.0698. The summed E-state index contributed by atoms with van der Waals surface area (Å²) < 4.78 is 7.05. The molecule has 0 saturated carbocycles. The molecule has 1 heterocycles. The third kappa shape index (κ3) is 5.78. The van der Waals surface area contributed by atoms with Gasteiger partial charge < -0.3 is 9.84 Å². The summed E-state index contributed by atoms with van der Waals surface area (Å²) in [5.74, 6) is -0.133. The molecule has 1 rings (SSSR count). The second-order valence-electron chi connectivity index (χ2n) is 5.69. The topological polar surface area (TPSA) is 90.1 Å². The average Bonchev–Trinajstić information content (AvgIpc) is 2.62. The first-order valence-electron chi connectivity index (χ1n) is 6.40. The number of carbonyl (C=O) groups is 1. The van der Waals surface area contributed by atoms with Crippen LogP contribution in [0.2, 0.25) is 0 Å². The zero-order valence-electron chi connectivity index (χ0n) is 12.0. The van der Waals surface area contributed by atoms with E-state index in [1.54, 1.807) is 4.68 Å². The van der Waals surface area contributed by atoms with Crippen LogP contribution in [0.3, 0.4) is 0 Å². The van der Waals surface area contributed by atoms with Gasteiger partial charge in [-0.15, -0.1) is 5.10 Å². The van der Waals surface area contributed by atoms with Gasteiger partial charge in [-0.25, -0.2) is 4.68 Å². The largest absolute Gasteiger partial charge is 0.481 e. The number of rotatable bonds is 7. The Labute approximate surface area is 112 Å². The van der Waals surface area contributed by atoms with Gasteiger partial charge >= 0.3 is 5.97 Å². The number of hydrogen-bond acceptors (Lipinski definition) is 5. The second kappa shape index (κ2) is 6.60. The first-order valence-corrected chi connectivity index (χ1v) is 6.40. The SMILES string of the molecule is CCOC(CC(=O)O)Cn1nnnc1CC(C)(C)C. The number of carboxylic acids is 1. The highest BCUT2D eigenvalue weighted by atomic mass is 16.5. The van der Waals surface area contributed by atoms with E-state index in [-0.39, 0.29) is 11.8 Å². The molecule has 0 radical (unpaired) electrons. The van der Waals surface area contributed by atoms with E-state index in [1.807, 2.05) is 6.92 Å². The Bertz CT molecular complexity index is 411. The van der Waals surface area contributed by atoms with E-state index in [4.69, 9.17) is 9.84 Å². The Morgan fingerprint density at radius 1 is 1.47 bits per heavy atom. The minimum atomic E-state index is -0.885. The number of aromatic nitrogens is 4. The molecule has 1 aromatic heterocycles. The molecule has 1 aromatic rings. The molecule has 7 heteroatoms. The summed E-state index contributed by atoms with van der Waals surface area (Å²) >= 11 is 0. The van der Waals surface area contributed by atoms with E-state index < -0.39 is 12.1 Å². The monoisotopic (exact) mass is 270 g/mol. The predicted octanol–water partition coefficient (Wildman–Crippen LogP) is 1.14. The van der Waals surface area contributed by atoms with Crippen molar-refractivity contribution in [2.75, 3.05) is 6.61 Å². The maximum atomic E-state index is 10.8. The lowest BCUT2D eigenvalue weighted by atomic mass is 9.92. The number of nitrogens with zero attached hydrogens (tertiary/aromatic N) is 4. The number of carboxylic acid groups (broad SMARTS) is 1. The van der Waals surface area contributed by atoms with Gasteiger partial charge in [-0.3, -0.25) is 4.79 Å². The van der Waals surface area contributed by atoms with Gasteiger partial charge in [0.2, 0.25) is 0 Å². The molecule has 0 spiro atoms. The molecule has 0 fully saturated rings. The van der Waals surface area contributed by atoms with Crippen molar-refractivity contribution in [3.05, 3.63) is 5.82 Å². The molecule has 0 aliphatic rings. The quantitative estimate of drug-likeness (QED) is 0.799. The lowest BCUT2D eigenvalue weighted by Gasteiger charge is -2.19. The third-order valence-electron chi connectivity index (χ3n) is 2.48. The Morgan fingerprint density at radius 2 is 2.16 bits per heavy atom. The van der Waals surface area contributed by atoms with Crippen molar-refractivity contribution < 1.29 is 14.6 Å². The Morgan fingerprint density at radius 3 is 2.68 bits per heavy atom. The van der Waals surface area contributed by atoms with Crippen molar-refractivity contribution in [3.63, 3.8) is 0 Å². The van der Waals surface area contributed by atoms with Crippen LogP contribution in [0.15, 0.2) is 0 Å². The highest BCUT2D eigenvalue weighted by molar-refractivity contribution is 5.67. The lowest BCUT2D eigenvalue weighted by molar-refractivity contribution is -0.140. The maximum Gasteiger partial charge on any atom is 0.306 e. The van der Waals surface area contributed by atoms with Crippen molar-refractivity contribution in [1.82, 2.24) is 20.2 Å². The van der Waals surface area contributed by atoms with Gasteiger partial charge in [-0.1, -0.05) is 20.8 Å². The molecular weight excluding hydrogens is 248 g/mol. The third-order valence-corrected chi connectivity index (χ3v) is 2.48. The van der Waals surface area contributed by atoms with E-state index in [1.165, 1.54) is 0 Å². The van der Waals surface area contributed by atoms with Crippen LogP contribution < -0.4 is 0 Å². The smallest absolute Gasteiger partial charge is 0.306 e. The normalized spacial score (nSPS) is 13.5. The molecule has 0 aromatic carbocycles. The molecule has 108 valence electrons. The van der Waals surface area contributed by atoms with Gasteiger partial charge in [0.1, 0.15) is 0 Å². The van der Waals surface area contributed by atoms with E-state index in [0.29, 0.717) is 13.2 Å². The van der Waals surface area contributed by atoms with E-state index in [9.17, 15) is 4.79 Å². The first kappa shape index (κ1) is 15.6. The molecule has 7 nitrogen and oxygen atoms in total. The number of aliphatic carboxylic acids is 1. The van der Waals surface area contributed by atoms with Crippen LogP contribution in [0, 0.1) is 5.41 Å². The molecule has 0 saturated heterocycles. The molecule has 0 aliphatic heterocycles. The summed E-state index contributed by atoms with van der Waals surface area (Å²) in [5, 5.41) is 20.4. The van der Waals surface area contributed by atoms with E-state index in [2.05, 4.69) is 36.3 Å². The van der Waals surface area contributed by atoms with Crippen LogP contribution in [-0.2, 0) is 22.5 Å². The number of tetrazole rings is 1. The van der Waals surface area contributed by atoms with Crippen molar-refractivity contribution in [1.29, 1.82) is 0 Å². The zero-order valence-corrected chi connectivity index (χ0v) is 12.0. The van der Waals surface area contributed by atoms with Gasteiger partial charge in [0.15, 0.2) is 5.82 Å². The van der Waals surface area contributed by atoms with Crippen LogP contribution >= 0.6 is 0 Å². The highest BCUT2D eigenvalue weighted by Gasteiger charge is 2.20. The van der Waals surface area contributed by atoms with Crippen LogP contribution in [0.4, 0.5) is 0 Å². The standard InChI is InChI=1S/C12H22N4O3/c1-5-19-9(6-11(17)18)8-16-10(13-14-15-16)7-12(2,3)4/h9H,5-8H2,1-4H3,(H,17,18). The summed E-state index contributed by atoms with van der Waals surface area (Å²) in [4.78, 5) is 10.8. The minimum absolute atomic E-state index is 0.0529. The summed E-state index contributed by atoms with van der Waals surface area (Å²) in [7, 11) is 0. The van der Waals surface area contributed by atoms with Gasteiger partial charge in [-0.2, -0.15) is 0 Å². The average molecular weight is 270 g/mol. The van der Waals surface area contributed by atoms with Crippen LogP contribution in [0.25, 0.3) is 0 Å². The van der Waals surface area contributed by atoms with Crippen LogP contribution in [0.5, 0.6) is 0 Å². The fourth-order valence-electron chi connectivity index (χ4n) is 1.77. The Balaban J connectivity index is 2.73. The van der Waals surface area contributed by atoms with Gasteiger partial charge in [0.25, 0.3) is 0 Å². The molecule has 1 N–H and O–H groups in total. The molecular formula is C12H22N4O3. The van der Waals surface area contributed by atoms with Crippen molar-refractivity contribution in [3.8, 4) is 0 Å². The van der Waals surface area contributed by atoms with Crippen molar-refractivity contribution in [2.24, 2.45) is 5.41 Å². The summed E-state index contributed by atoms with van der Waals surface area (Å²) in [6, 6.07) is 0. The molecule has 0 aliphatic carbocycles. The maximum absolute atomic E-state index is 10.8. The lowest BCUT2D eigenvalue weighted by Crippen LogP contribution is -2.26. The number of hydrogen-bond donors (Lipinski definition) is 1. The Hall–Kier alpha value is -1.50. The Kier molecular flexibility index (Phi) is 5.41. The number of ether oxygens (including phenoxy) is 1. The van der Waals surface area contributed by atoms with E-state index >= 15 is 0 Å². The minimum Gasteiger partial charge on any atom is -0.481 e.